The highest BCUT2D eigenvalue weighted by Gasteiger charge is 2.32. The van der Waals surface area contributed by atoms with Crippen molar-refractivity contribution in [1.29, 1.82) is 0 Å². The summed E-state index contributed by atoms with van der Waals surface area (Å²) in [5, 5.41) is 4.90. The molecule has 1 aromatic carbocycles. The third-order valence-electron chi connectivity index (χ3n) is 3.74. The highest BCUT2D eigenvalue weighted by molar-refractivity contribution is 9.10. The van der Waals surface area contributed by atoms with Crippen LogP contribution in [0.15, 0.2) is 16.6 Å². The Morgan fingerprint density at radius 3 is 2.32 bits per heavy atom. The van der Waals surface area contributed by atoms with Crippen LogP contribution in [0, 0.1) is 11.3 Å². The van der Waals surface area contributed by atoms with E-state index in [1.165, 1.54) is 12.8 Å². The van der Waals surface area contributed by atoms with Crippen molar-refractivity contribution in [2.75, 3.05) is 5.32 Å². The van der Waals surface area contributed by atoms with Gasteiger partial charge in [0.1, 0.15) is 0 Å². The fraction of sp³-hybridized carbons (Fsp3) is 0.600. The van der Waals surface area contributed by atoms with Crippen molar-refractivity contribution in [1.82, 2.24) is 0 Å². The molecule has 2 rings (SSSR count). The summed E-state index contributed by atoms with van der Waals surface area (Å²) in [6.07, 6.45) is 3.61. The van der Waals surface area contributed by atoms with E-state index in [0.717, 1.165) is 22.5 Å². The Morgan fingerprint density at radius 1 is 1.21 bits per heavy atom. The molecule has 0 radical (unpaired) electrons. The van der Waals surface area contributed by atoms with Crippen LogP contribution < -0.4 is 5.32 Å². The predicted octanol–water partition coefficient (Wildman–Crippen LogP) is 6.38. The Labute approximate surface area is 134 Å². The van der Waals surface area contributed by atoms with Crippen LogP contribution in [-0.2, 0) is 0 Å². The summed E-state index contributed by atoms with van der Waals surface area (Å²) in [5.41, 5.74) is 1.24. The van der Waals surface area contributed by atoms with Crippen molar-refractivity contribution < 1.29 is 0 Å². The van der Waals surface area contributed by atoms with Gasteiger partial charge in [-0.15, -0.1) is 0 Å². The molecule has 106 valence electrons. The lowest BCUT2D eigenvalue weighted by molar-refractivity contribution is 0.178. The first-order valence-electron chi connectivity index (χ1n) is 6.68. The van der Waals surface area contributed by atoms with Crippen molar-refractivity contribution in [3.63, 3.8) is 0 Å². The number of benzene rings is 1. The minimum atomic E-state index is 0.379. The molecule has 0 saturated heterocycles. The highest BCUT2D eigenvalue weighted by Crippen LogP contribution is 2.41. The molecular formula is C15H20BrCl2N. The molecule has 1 fully saturated rings. The molecule has 0 heterocycles. The van der Waals surface area contributed by atoms with Crippen molar-refractivity contribution in [3.8, 4) is 0 Å². The summed E-state index contributed by atoms with van der Waals surface area (Å²) in [4.78, 5) is 0. The molecule has 2 unspecified atom stereocenters. The molecule has 1 nitrogen and oxygen atoms in total. The van der Waals surface area contributed by atoms with E-state index in [-0.39, 0.29) is 0 Å². The molecule has 1 aromatic rings. The van der Waals surface area contributed by atoms with Crippen LogP contribution in [0.5, 0.6) is 0 Å². The molecule has 1 saturated carbocycles. The van der Waals surface area contributed by atoms with Gasteiger partial charge in [0.05, 0.1) is 15.7 Å². The maximum absolute atomic E-state index is 6.28. The summed E-state index contributed by atoms with van der Waals surface area (Å²) in [5.74, 6) is 0.731. The van der Waals surface area contributed by atoms with E-state index in [0.29, 0.717) is 21.5 Å². The van der Waals surface area contributed by atoms with Crippen LogP contribution in [0.1, 0.15) is 40.0 Å². The molecule has 1 aliphatic rings. The first kappa shape index (κ1) is 15.5. The number of hydrogen-bond donors (Lipinski definition) is 1. The maximum Gasteiger partial charge on any atom is 0.0721 e. The molecule has 0 bridgehead atoms. The van der Waals surface area contributed by atoms with E-state index in [1.807, 2.05) is 12.1 Å². The smallest absolute Gasteiger partial charge is 0.0721 e. The van der Waals surface area contributed by atoms with Crippen molar-refractivity contribution in [3.05, 3.63) is 26.7 Å². The molecule has 0 aromatic heterocycles. The monoisotopic (exact) mass is 363 g/mol. The zero-order valence-corrected chi connectivity index (χ0v) is 14.7. The molecule has 0 amide bonds. The van der Waals surface area contributed by atoms with Gasteiger partial charge in [0.15, 0.2) is 0 Å². The van der Waals surface area contributed by atoms with E-state index in [2.05, 4.69) is 42.0 Å². The van der Waals surface area contributed by atoms with Crippen LogP contribution in [0.4, 0.5) is 5.69 Å². The fourth-order valence-corrected chi connectivity index (χ4v) is 4.66. The second kappa shape index (κ2) is 5.83. The minimum Gasteiger partial charge on any atom is -0.380 e. The van der Waals surface area contributed by atoms with Crippen LogP contribution in [0.3, 0.4) is 0 Å². The van der Waals surface area contributed by atoms with E-state index < -0.39 is 0 Å². The summed E-state index contributed by atoms with van der Waals surface area (Å²) in [6, 6.07) is 4.20. The average Bonchev–Trinajstić information content (AvgIpc) is 2.20. The normalized spacial score (nSPS) is 26.2. The summed E-state index contributed by atoms with van der Waals surface area (Å²) in [6.45, 7) is 6.99. The van der Waals surface area contributed by atoms with Gasteiger partial charge in [-0.2, -0.15) is 0 Å². The molecule has 1 N–H and O–H groups in total. The Bertz CT molecular complexity index is 450. The molecule has 2 atom stereocenters. The topological polar surface area (TPSA) is 12.0 Å². The summed E-state index contributed by atoms with van der Waals surface area (Å²) < 4.78 is 0.908. The van der Waals surface area contributed by atoms with Crippen molar-refractivity contribution >= 4 is 44.8 Å². The Kier molecular flexibility index (Phi) is 4.75. The number of rotatable bonds is 2. The minimum absolute atomic E-state index is 0.379. The van der Waals surface area contributed by atoms with Gasteiger partial charge < -0.3 is 5.32 Å². The fourth-order valence-electron chi connectivity index (χ4n) is 3.34. The second-order valence-electron chi connectivity index (χ2n) is 6.50. The van der Waals surface area contributed by atoms with Gasteiger partial charge in [-0.25, -0.2) is 0 Å². The van der Waals surface area contributed by atoms with Crippen LogP contribution in [-0.4, -0.2) is 6.04 Å². The highest BCUT2D eigenvalue weighted by atomic mass is 79.9. The lowest BCUT2D eigenvalue weighted by Crippen LogP contribution is -2.35. The summed E-state index contributed by atoms with van der Waals surface area (Å²) >= 11 is 16.0. The lowest BCUT2D eigenvalue weighted by atomic mass is 9.70. The van der Waals surface area contributed by atoms with Crippen molar-refractivity contribution in [2.45, 2.75) is 46.1 Å². The van der Waals surface area contributed by atoms with Gasteiger partial charge in [-0.1, -0.05) is 59.9 Å². The van der Waals surface area contributed by atoms with E-state index in [4.69, 9.17) is 23.2 Å². The molecule has 0 spiro atoms. The largest absolute Gasteiger partial charge is 0.380 e. The Morgan fingerprint density at radius 2 is 1.79 bits per heavy atom. The molecular weight excluding hydrogens is 345 g/mol. The van der Waals surface area contributed by atoms with Gasteiger partial charge in [-0.3, -0.25) is 0 Å². The number of nitrogens with one attached hydrogen (secondary N) is 1. The molecule has 19 heavy (non-hydrogen) atoms. The Hall–Kier alpha value is 0.0800. The zero-order chi connectivity index (χ0) is 14.2. The van der Waals surface area contributed by atoms with Gasteiger partial charge in [-0.05, 0) is 42.7 Å². The van der Waals surface area contributed by atoms with Gasteiger partial charge in [0, 0.05) is 10.5 Å². The van der Waals surface area contributed by atoms with E-state index in [1.54, 1.807) is 0 Å². The van der Waals surface area contributed by atoms with E-state index in [9.17, 15) is 0 Å². The van der Waals surface area contributed by atoms with Gasteiger partial charge >= 0.3 is 0 Å². The number of anilines is 1. The lowest BCUT2D eigenvalue weighted by Gasteiger charge is -2.39. The predicted molar refractivity (Wildman–Crippen MR) is 88.4 cm³/mol. The van der Waals surface area contributed by atoms with Crippen LogP contribution in [0.25, 0.3) is 0 Å². The standard InChI is InChI=1S/C15H20BrCl2N/c1-9-4-11(8-15(2,3)7-9)19-14-12(17)5-10(16)6-13(14)18/h5-6,9,11,19H,4,7-8H2,1-3H3. The third kappa shape index (κ3) is 4.03. The third-order valence-corrected chi connectivity index (χ3v) is 4.80. The van der Waals surface area contributed by atoms with E-state index >= 15 is 0 Å². The molecule has 4 heteroatoms. The SMILES string of the molecule is CC1CC(Nc2c(Cl)cc(Br)cc2Cl)CC(C)(C)C1. The van der Waals surface area contributed by atoms with Crippen LogP contribution in [0.2, 0.25) is 10.0 Å². The molecule has 1 aliphatic carbocycles. The van der Waals surface area contributed by atoms with Gasteiger partial charge in [0.25, 0.3) is 0 Å². The zero-order valence-electron chi connectivity index (χ0n) is 11.6. The number of hydrogen-bond acceptors (Lipinski definition) is 1. The second-order valence-corrected chi connectivity index (χ2v) is 8.23. The number of halogens is 3. The van der Waals surface area contributed by atoms with Gasteiger partial charge in [0.2, 0.25) is 0 Å². The average molecular weight is 365 g/mol. The quantitative estimate of drug-likeness (QED) is 0.641. The van der Waals surface area contributed by atoms with Crippen LogP contribution >= 0.6 is 39.1 Å². The van der Waals surface area contributed by atoms with Crippen molar-refractivity contribution in [2.24, 2.45) is 11.3 Å². The summed E-state index contributed by atoms with van der Waals surface area (Å²) in [7, 11) is 0. The Balaban J connectivity index is 2.17. The molecule has 0 aliphatic heterocycles. The maximum atomic E-state index is 6.28. The first-order valence-corrected chi connectivity index (χ1v) is 8.23. The first-order chi connectivity index (χ1) is 8.77.